The molecule has 1 aliphatic heterocycles. The van der Waals surface area contributed by atoms with Crippen molar-refractivity contribution in [3.8, 4) is 0 Å². The average molecular weight is 359 g/mol. The van der Waals surface area contributed by atoms with Gasteiger partial charge in [-0.15, -0.1) is 0 Å². The van der Waals surface area contributed by atoms with E-state index in [2.05, 4.69) is 60.3 Å². The van der Waals surface area contributed by atoms with Gasteiger partial charge in [0.2, 0.25) is 0 Å². The predicted octanol–water partition coefficient (Wildman–Crippen LogP) is 4.20. The number of piperidine rings is 1. The fourth-order valence-electron chi connectivity index (χ4n) is 4.92. The van der Waals surface area contributed by atoms with Crippen molar-refractivity contribution in [2.24, 2.45) is 0 Å². The van der Waals surface area contributed by atoms with Crippen LogP contribution < -0.4 is 0 Å². The first-order chi connectivity index (χ1) is 11.8. The van der Waals surface area contributed by atoms with E-state index in [9.17, 15) is 0 Å². The second-order valence-corrected chi connectivity index (χ2v) is 9.01. The first-order valence-corrected chi connectivity index (χ1v) is 9.57. The molecule has 2 heterocycles. The van der Waals surface area contributed by atoms with Crippen LogP contribution in [0.25, 0.3) is 0 Å². The molecule has 1 aliphatic carbocycles. The van der Waals surface area contributed by atoms with Crippen LogP contribution in [0.15, 0.2) is 18.3 Å². The topological polar surface area (TPSA) is 44.8 Å². The molecule has 134 valence electrons. The number of benzene rings is 1. The number of rotatable bonds is 2. The lowest BCUT2D eigenvalue weighted by molar-refractivity contribution is 0.174. The molecule has 0 saturated carbocycles. The van der Waals surface area contributed by atoms with Crippen LogP contribution in [-0.4, -0.2) is 40.4 Å². The highest BCUT2D eigenvalue weighted by atomic mass is 35.5. The standard InChI is InChI=1S/C20H27ClN4/c1-13-9-14-15(10-17(13)21)20(5-7-25(4)8-6-20)11-16(14)19(2,3)18-12-22-24-23-18/h9-10,12,16H,5-8,11H2,1-4H3,(H,22,23,24)/t16-/m1/s1. The van der Waals surface area contributed by atoms with Gasteiger partial charge < -0.3 is 4.90 Å². The van der Waals surface area contributed by atoms with E-state index in [1.165, 1.54) is 36.0 Å². The molecule has 1 fully saturated rings. The van der Waals surface area contributed by atoms with Crippen LogP contribution in [0.3, 0.4) is 0 Å². The summed E-state index contributed by atoms with van der Waals surface area (Å²) in [5, 5.41) is 12.2. The summed E-state index contributed by atoms with van der Waals surface area (Å²) in [7, 11) is 2.22. The summed E-state index contributed by atoms with van der Waals surface area (Å²) in [5.41, 5.74) is 5.37. The summed E-state index contributed by atoms with van der Waals surface area (Å²) in [6.45, 7) is 9.03. The van der Waals surface area contributed by atoms with E-state index in [4.69, 9.17) is 11.6 Å². The maximum Gasteiger partial charge on any atom is 0.0886 e. The van der Waals surface area contributed by atoms with E-state index in [-0.39, 0.29) is 10.8 Å². The predicted molar refractivity (Wildman–Crippen MR) is 101 cm³/mol. The van der Waals surface area contributed by atoms with Crippen molar-refractivity contribution >= 4 is 11.6 Å². The number of aryl methyl sites for hydroxylation is 1. The molecule has 1 N–H and O–H groups in total. The lowest BCUT2D eigenvalue weighted by atomic mass is 9.69. The van der Waals surface area contributed by atoms with Crippen molar-refractivity contribution in [1.82, 2.24) is 20.3 Å². The maximum atomic E-state index is 6.55. The maximum absolute atomic E-state index is 6.55. The van der Waals surface area contributed by atoms with Gasteiger partial charge >= 0.3 is 0 Å². The highest BCUT2D eigenvalue weighted by Gasteiger charge is 2.50. The summed E-state index contributed by atoms with van der Waals surface area (Å²) in [4.78, 5) is 2.44. The molecule has 0 amide bonds. The lowest BCUT2D eigenvalue weighted by Crippen LogP contribution is -2.40. The minimum Gasteiger partial charge on any atom is -0.306 e. The molecule has 0 radical (unpaired) electrons. The second kappa shape index (κ2) is 5.82. The minimum atomic E-state index is -0.0606. The Kier molecular flexibility index (Phi) is 3.97. The number of aromatic nitrogens is 3. The number of H-pyrrole nitrogens is 1. The zero-order chi connectivity index (χ0) is 17.8. The Morgan fingerprint density at radius 3 is 2.64 bits per heavy atom. The van der Waals surface area contributed by atoms with Gasteiger partial charge in [0.15, 0.2) is 0 Å². The monoisotopic (exact) mass is 358 g/mol. The zero-order valence-corrected chi connectivity index (χ0v) is 16.3. The molecular formula is C20H27ClN4. The van der Waals surface area contributed by atoms with E-state index in [1.54, 1.807) is 0 Å². The molecule has 5 heteroatoms. The third-order valence-electron chi connectivity index (χ3n) is 6.76. The smallest absolute Gasteiger partial charge is 0.0886 e. The Morgan fingerprint density at radius 1 is 1.28 bits per heavy atom. The SMILES string of the molecule is Cc1cc2c(cc1Cl)C1(CCN(C)CC1)C[C@H]2C(C)(C)c1cn[nH]n1. The first kappa shape index (κ1) is 17.0. The normalized spacial score (nSPS) is 23.2. The second-order valence-electron chi connectivity index (χ2n) is 8.61. The van der Waals surface area contributed by atoms with Gasteiger partial charge in [0.1, 0.15) is 0 Å². The molecule has 0 bridgehead atoms. The van der Waals surface area contributed by atoms with Gasteiger partial charge in [-0.3, -0.25) is 0 Å². The summed E-state index contributed by atoms with van der Waals surface area (Å²) in [6.07, 6.45) is 5.47. The van der Waals surface area contributed by atoms with Crippen molar-refractivity contribution in [3.05, 3.63) is 45.7 Å². The Morgan fingerprint density at radius 2 is 2.00 bits per heavy atom. The summed E-state index contributed by atoms with van der Waals surface area (Å²) in [5.74, 6) is 0.437. The van der Waals surface area contributed by atoms with Crippen molar-refractivity contribution < 1.29 is 0 Å². The quantitative estimate of drug-likeness (QED) is 0.875. The molecule has 1 aromatic heterocycles. The van der Waals surface area contributed by atoms with Crippen molar-refractivity contribution in [2.45, 2.75) is 56.8 Å². The van der Waals surface area contributed by atoms with Gasteiger partial charge in [-0.25, -0.2) is 0 Å². The number of halogens is 1. The number of nitrogens with zero attached hydrogens (tertiary/aromatic N) is 3. The lowest BCUT2D eigenvalue weighted by Gasteiger charge is -2.40. The van der Waals surface area contributed by atoms with Gasteiger partial charge in [-0.1, -0.05) is 31.5 Å². The van der Waals surface area contributed by atoms with Crippen LogP contribution in [0.1, 0.15) is 61.4 Å². The third-order valence-corrected chi connectivity index (χ3v) is 7.17. The van der Waals surface area contributed by atoms with Crippen LogP contribution in [0.4, 0.5) is 0 Å². The molecule has 4 rings (SSSR count). The summed E-state index contributed by atoms with van der Waals surface area (Å²) in [6, 6.07) is 4.59. The van der Waals surface area contributed by atoms with Crippen LogP contribution in [-0.2, 0) is 10.8 Å². The Hall–Kier alpha value is -1.39. The van der Waals surface area contributed by atoms with Crippen LogP contribution in [0.2, 0.25) is 5.02 Å². The van der Waals surface area contributed by atoms with Gasteiger partial charge in [0.25, 0.3) is 0 Å². The first-order valence-electron chi connectivity index (χ1n) is 9.19. The fraction of sp³-hybridized carbons (Fsp3) is 0.600. The van der Waals surface area contributed by atoms with Gasteiger partial charge in [-0.2, -0.15) is 15.4 Å². The van der Waals surface area contributed by atoms with Gasteiger partial charge in [0.05, 0.1) is 11.9 Å². The number of likely N-dealkylation sites (tertiary alicyclic amines) is 1. The minimum absolute atomic E-state index is 0.0606. The molecule has 2 aliphatic rings. The summed E-state index contributed by atoms with van der Waals surface area (Å²) < 4.78 is 0. The highest BCUT2D eigenvalue weighted by molar-refractivity contribution is 6.31. The van der Waals surface area contributed by atoms with Gasteiger partial charge in [-0.05, 0) is 80.4 Å². The number of fused-ring (bicyclic) bond motifs is 2. The largest absolute Gasteiger partial charge is 0.306 e. The molecule has 1 atom stereocenters. The number of hydrogen-bond donors (Lipinski definition) is 1. The number of aromatic amines is 1. The van der Waals surface area contributed by atoms with Crippen LogP contribution in [0.5, 0.6) is 0 Å². The summed E-state index contributed by atoms with van der Waals surface area (Å²) >= 11 is 6.55. The van der Waals surface area contributed by atoms with E-state index in [1.807, 2.05) is 6.20 Å². The molecule has 1 saturated heterocycles. The molecule has 25 heavy (non-hydrogen) atoms. The van der Waals surface area contributed by atoms with Gasteiger partial charge in [0, 0.05) is 10.4 Å². The van der Waals surface area contributed by atoms with E-state index >= 15 is 0 Å². The third kappa shape index (κ3) is 2.61. The Balaban J connectivity index is 1.83. The zero-order valence-electron chi connectivity index (χ0n) is 15.6. The van der Waals surface area contributed by atoms with Crippen LogP contribution >= 0.6 is 11.6 Å². The van der Waals surface area contributed by atoms with E-state index < -0.39 is 0 Å². The van der Waals surface area contributed by atoms with E-state index in [0.717, 1.165) is 23.8 Å². The van der Waals surface area contributed by atoms with Crippen LogP contribution in [0, 0.1) is 6.92 Å². The average Bonchev–Trinajstić information content (AvgIpc) is 3.20. The molecule has 4 nitrogen and oxygen atoms in total. The molecular weight excluding hydrogens is 332 g/mol. The molecule has 1 spiro atoms. The molecule has 0 unspecified atom stereocenters. The number of nitrogens with one attached hydrogen (secondary N) is 1. The Labute approximate surface area is 155 Å². The van der Waals surface area contributed by atoms with E-state index in [0.29, 0.717) is 5.92 Å². The van der Waals surface area contributed by atoms with Crippen molar-refractivity contribution in [2.75, 3.05) is 20.1 Å². The Bertz CT molecular complexity index is 773. The highest BCUT2D eigenvalue weighted by Crippen LogP contribution is 2.57. The molecule has 1 aromatic carbocycles. The number of hydrogen-bond acceptors (Lipinski definition) is 3. The van der Waals surface area contributed by atoms with Crippen molar-refractivity contribution in [3.63, 3.8) is 0 Å². The fourth-order valence-corrected chi connectivity index (χ4v) is 5.08. The van der Waals surface area contributed by atoms with Crippen molar-refractivity contribution in [1.29, 1.82) is 0 Å². The molecule has 2 aromatic rings.